The van der Waals surface area contributed by atoms with Gasteiger partial charge in [0.15, 0.2) is 17.5 Å². The minimum Gasteiger partial charge on any atom is -0.618 e. The number of ether oxygens (including phenoxy) is 1. The summed E-state index contributed by atoms with van der Waals surface area (Å²) in [6, 6.07) is 6.52. The lowest BCUT2D eigenvalue weighted by atomic mass is 9.83. The lowest BCUT2D eigenvalue weighted by molar-refractivity contribution is -0.613. The Balaban J connectivity index is 2.40. The van der Waals surface area contributed by atoms with Crippen molar-refractivity contribution in [3.05, 3.63) is 57.5 Å². The van der Waals surface area contributed by atoms with Crippen molar-refractivity contribution < 1.29 is 24.2 Å². The van der Waals surface area contributed by atoms with Crippen LogP contribution in [0.2, 0.25) is 5.02 Å². The quantitative estimate of drug-likeness (QED) is 0.630. The van der Waals surface area contributed by atoms with Crippen LogP contribution in [-0.4, -0.2) is 30.1 Å². The third-order valence-electron chi connectivity index (χ3n) is 4.51. The molecule has 8 heteroatoms. The van der Waals surface area contributed by atoms with E-state index in [0.29, 0.717) is 21.9 Å². The van der Waals surface area contributed by atoms with E-state index in [-0.39, 0.29) is 29.0 Å². The number of aromatic nitrogens is 1. The van der Waals surface area contributed by atoms with Crippen LogP contribution in [0.3, 0.4) is 0 Å². The van der Waals surface area contributed by atoms with Crippen molar-refractivity contribution >= 4 is 23.5 Å². The van der Waals surface area contributed by atoms with Gasteiger partial charge in [0.25, 0.3) is 5.91 Å². The fourth-order valence-corrected chi connectivity index (χ4v) is 3.33. The highest BCUT2D eigenvalue weighted by Gasteiger charge is 2.45. The van der Waals surface area contributed by atoms with Crippen molar-refractivity contribution in [2.24, 2.45) is 0 Å². The van der Waals surface area contributed by atoms with Gasteiger partial charge in [-0.2, -0.15) is 4.73 Å². The maximum atomic E-state index is 12.6. The van der Waals surface area contributed by atoms with E-state index in [1.807, 2.05) is 0 Å². The zero-order chi connectivity index (χ0) is 19.1. The number of morpholine rings is 1. The van der Waals surface area contributed by atoms with Gasteiger partial charge in [-0.15, -0.1) is 0 Å². The van der Waals surface area contributed by atoms with Gasteiger partial charge in [0.2, 0.25) is 0 Å². The van der Waals surface area contributed by atoms with Crippen molar-refractivity contribution in [1.82, 2.24) is 5.32 Å². The molecular formula is C18H17ClN2O5. The van der Waals surface area contributed by atoms with Crippen LogP contribution in [0.25, 0.3) is 11.1 Å². The zero-order valence-corrected chi connectivity index (χ0v) is 15.0. The average Bonchev–Trinajstić information content (AvgIpc) is 2.60. The van der Waals surface area contributed by atoms with E-state index >= 15 is 0 Å². The van der Waals surface area contributed by atoms with Gasteiger partial charge in [-0.1, -0.05) is 23.7 Å². The lowest BCUT2D eigenvalue weighted by Crippen LogP contribution is -2.52. The number of hydrogen-bond acceptors (Lipinski definition) is 4. The number of benzene rings is 1. The minimum atomic E-state index is -1.49. The summed E-state index contributed by atoms with van der Waals surface area (Å²) in [7, 11) is 0. The third-order valence-corrected chi connectivity index (χ3v) is 4.76. The highest BCUT2D eigenvalue weighted by Crippen LogP contribution is 2.39. The summed E-state index contributed by atoms with van der Waals surface area (Å²) in [5, 5.41) is 25.2. The number of carbonyl (C=O) groups is 2. The number of pyridine rings is 1. The topological polar surface area (TPSA) is 103 Å². The molecule has 26 heavy (non-hydrogen) atoms. The number of carbonyl (C=O) groups excluding carboxylic acids is 1. The Kier molecular flexibility index (Phi) is 4.60. The summed E-state index contributed by atoms with van der Waals surface area (Å²) >= 11 is 5.94. The number of carboxylic acid groups (broad SMARTS) is 1. The smallest absolute Gasteiger partial charge is 0.342 e. The fourth-order valence-electron chi connectivity index (χ4n) is 3.21. The number of rotatable bonds is 3. The Hall–Kier alpha value is -2.64. The SMILES string of the molecule is Cc1c(C2(C)OCCNC2=O)c(-c2ccc(Cl)cc2)c(C(=O)O)c[n+]1[O-]. The Morgan fingerprint density at radius 1 is 1.38 bits per heavy atom. The zero-order valence-electron chi connectivity index (χ0n) is 14.2. The predicted octanol–water partition coefficient (Wildman–Crippen LogP) is 2.01. The van der Waals surface area contributed by atoms with Gasteiger partial charge in [0.05, 0.1) is 12.2 Å². The van der Waals surface area contributed by atoms with Gasteiger partial charge < -0.3 is 20.4 Å². The average molecular weight is 377 g/mol. The van der Waals surface area contributed by atoms with E-state index in [4.69, 9.17) is 16.3 Å². The summed E-state index contributed by atoms with van der Waals surface area (Å²) in [4.78, 5) is 24.4. The second kappa shape index (κ2) is 6.59. The molecule has 0 saturated carbocycles. The van der Waals surface area contributed by atoms with Crippen LogP contribution in [0.4, 0.5) is 0 Å². The monoisotopic (exact) mass is 376 g/mol. The minimum absolute atomic E-state index is 0.194. The van der Waals surface area contributed by atoms with Crippen molar-refractivity contribution in [2.75, 3.05) is 13.2 Å². The van der Waals surface area contributed by atoms with Crippen LogP contribution in [0, 0.1) is 12.1 Å². The number of amides is 1. The molecule has 3 rings (SSSR count). The highest BCUT2D eigenvalue weighted by atomic mass is 35.5. The molecule has 2 N–H and O–H groups in total. The molecule has 0 bridgehead atoms. The van der Waals surface area contributed by atoms with Crippen LogP contribution >= 0.6 is 11.6 Å². The van der Waals surface area contributed by atoms with E-state index in [2.05, 4.69) is 5.32 Å². The first-order chi connectivity index (χ1) is 12.3. The molecule has 1 atom stereocenters. The standard InChI is InChI=1S/C18H17ClN2O5/c1-10-15(18(2)17(24)20-7-8-26-18)14(11-3-5-12(19)6-4-11)13(16(22)23)9-21(10)25/h3-6,9H,7-8H2,1-2H3,(H,20,24)(H,22,23). The largest absolute Gasteiger partial charge is 0.618 e. The fraction of sp³-hybridized carbons (Fsp3) is 0.278. The number of halogens is 1. The van der Waals surface area contributed by atoms with Gasteiger partial charge in [0.1, 0.15) is 5.56 Å². The predicted molar refractivity (Wildman–Crippen MR) is 93.9 cm³/mol. The molecule has 0 aliphatic carbocycles. The maximum Gasteiger partial charge on any atom is 0.342 e. The van der Waals surface area contributed by atoms with Crippen molar-refractivity contribution in [3.8, 4) is 11.1 Å². The Bertz CT molecular complexity index is 897. The molecule has 1 aliphatic heterocycles. The molecule has 136 valence electrons. The molecule has 1 saturated heterocycles. The Labute approximate surface area is 154 Å². The molecule has 0 radical (unpaired) electrons. The van der Waals surface area contributed by atoms with Gasteiger partial charge >= 0.3 is 5.97 Å². The van der Waals surface area contributed by atoms with E-state index in [1.165, 1.54) is 13.8 Å². The maximum absolute atomic E-state index is 12.6. The van der Waals surface area contributed by atoms with Crippen molar-refractivity contribution in [1.29, 1.82) is 0 Å². The van der Waals surface area contributed by atoms with E-state index < -0.39 is 17.5 Å². The molecule has 1 aromatic heterocycles. The molecule has 1 fully saturated rings. The first-order valence-electron chi connectivity index (χ1n) is 7.94. The number of nitrogens with one attached hydrogen (secondary N) is 1. The third kappa shape index (κ3) is 2.89. The van der Waals surface area contributed by atoms with Gasteiger partial charge in [-0.25, -0.2) is 4.79 Å². The molecule has 1 amide bonds. The molecule has 1 aromatic carbocycles. The molecule has 2 heterocycles. The van der Waals surface area contributed by atoms with E-state index in [1.54, 1.807) is 24.3 Å². The summed E-state index contributed by atoms with van der Waals surface area (Å²) in [6.07, 6.45) is 0.995. The number of nitrogens with zero attached hydrogens (tertiary/aromatic N) is 1. The number of carboxylic acids is 1. The van der Waals surface area contributed by atoms with Gasteiger partial charge in [0, 0.05) is 24.1 Å². The summed E-state index contributed by atoms with van der Waals surface area (Å²) in [5.74, 6) is -1.70. The second-order valence-electron chi connectivity index (χ2n) is 6.15. The molecular weight excluding hydrogens is 360 g/mol. The van der Waals surface area contributed by atoms with E-state index in [9.17, 15) is 19.9 Å². The number of aromatic carboxylic acids is 1. The summed E-state index contributed by atoms with van der Waals surface area (Å²) in [5.41, 5.74) is -0.501. The van der Waals surface area contributed by atoms with Crippen molar-refractivity contribution in [3.63, 3.8) is 0 Å². The molecule has 0 spiro atoms. The van der Waals surface area contributed by atoms with Crippen LogP contribution in [0.5, 0.6) is 0 Å². The van der Waals surface area contributed by atoms with E-state index in [0.717, 1.165) is 6.20 Å². The molecule has 2 aromatic rings. The van der Waals surface area contributed by atoms with Gasteiger partial charge in [-0.3, -0.25) is 4.79 Å². The molecule has 1 unspecified atom stereocenters. The molecule has 1 aliphatic rings. The Morgan fingerprint density at radius 2 is 2.04 bits per heavy atom. The first kappa shape index (κ1) is 18.2. The summed E-state index contributed by atoms with van der Waals surface area (Å²) in [6.45, 7) is 3.66. The van der Waals surface area contributed by atoms with Crippen LogP contribution in [0.1, 0.15) is 28.5 Å². The molecule has 7 nitrogen and oxygen atoms in total. The Morgan fingerprint density at radius 3 is 2.62 bits per heavy atom. The first-order valence-corrected chi connectivity index (χ1v) is 8.32. The van der Waals surface area contributed by atoms with Crippen molar-refractivity contribution in [2.45, 2.75) is 19.4 Å². The van der Waals surface area contributed by atoms with Crippen LogP contribution in [-0.2, 0) is 15.1 Å². The van der Waals surface area contributed by atoms with Crippen LogP contribution < -0.4 is 10.0 Å². The number of hydrogen-bond donors (Lipinski definition) is 2. The summed E-state index contributed by atoms with van der Waals surface area (Å²) < 4.78 is 6.19. The normalized spacial score (nSPS) is 19.9. The second-order valence-corrected chi connectivity index (χ2v) is 6.59. The lowest BCUT2D eigenvalue weighted by Gasteiger charge is -2.35. The highest BCUT2D eigenvalue weighted by molar-refractivity contribution is 6.30. The van der Waals surface area contributed by atoms with Gasteiger partial charge in [-0.05, 0) is 24.6 Å². The van der Waals surface area contributed by atoms with Crippen LogP contribution in [0.15, 0.2) is 30.5 Å².